The first-order chi connectivity index (χ1) is 10.9. The average molecular weight is 330 g/mol. The monoisotopic (exact) mass is 330 g/mol. The Kier molecular flexibility index (Phi) is 3.38. The molecule has 9 heteroatoms. The van der Waals surface area contributed by atoms with Crippen molar-refractivity contribution in [2.24, 2.45) is 5.92 Å². The molecule has 1 heterocycles. The highest BCUT2D eigenvalue weighted by molar-refractivity contribution is 7.93. The van der Waals surface area contributed by atoms with Crippen molar-refractivity contribution in [2.75, 3.05) is 0 Å². The Balaban J connectivity index is 2.24. The number of hydrogen-bond acceptors (Lipinski definition) is 5. The van der Waals surface area contributed by atoms with E-state index in [0.29, 0.717) is 5.56 Å². The molecule has 0 spiro atoms. The number of allylic oxidation sites excluding steroid dienone is 2. The highest BCUT2D eigenvalue weighted by atomic mass is 32.2. The molecule has 1 atom stereocenters. The van der Waals surface area contributed by atoms with Crippen LogP contribution in [-0.4, -0.2) is 13.3 Å². The molecule has 1 aromatic rings. The zero-order valence-corrected chi connectivity index (χ0v) is 12.4. The Morgan fingerprint density at radius 3 is 2.61 bits per heavy atom. The molecule has 1 aliphatic heterocycles. The van der Waals surface area contributed by atoms with Crippen LogP contribution in [0.25, 0.3) is 10.7 Å². The van der Waals surface area contributed by atoms with Crippen molar-refractivity contribution in [2.45, 2.75) is 0 Å². The zero-order valence-electron chi connectivity index (χ0n) is 11.6. The van der Waals surface area contributed by atoms with Gasteiger partial charge in [0.1, 0.15) is 5.70 Å². The van der Waals surface area contributed by atoms with Crippen LogP contribution < -0.4 is 4.72 Å². The first kappa shape index (κ1) is 14.8. The molecule has 0 amide bonds. The largest absolute Gasteiger partial charge is 0.375 e. The van der Waals surface area contributed by atoms with Crippen LogP contribution >= 0.6 is 0 Å². The molecule has 0 bridgehead atoms. The van der Waals surface area contributed by atoms with Gasteiger partial charge in [-0.25, -0.2) is 8.42 Å². The maximum absolute atomic E-state index is 12.4. The Hall–Kier alpha value is -3.12. The lowest BCUT2D eigenvalue weighted by molar-refractivity contribution is -0.421. The maximum atomic E-state index is 12.4. The molecular formula is C14H10N4O4S. The summed E-state index contributed by atoms with van der Waals surface area (Å²) in [7, 11) is -3.89. The van der Waals surface area contributed by atoms with E-state index in [1.165, 1.54) is 0 Å². The van der Waals surface area contributed by atoms with Gasteiger partial charge in [-0.2, -0.15) is 0 Å². The van der Waals surface area contributed by atoms with Crippen molar-refractivity contribution >= 4 is 15.7 Å². The van der Waals surface area contributed by atoms with E-state index in [1.54, 1.807) is 30.3 Å². The third-order valence-corrected chi connectivity index (χ3v) is 5.02. The van der Waals surface area contributed by atoms with Gasteiger partial charge in [0.05, 0.1) is 0 Å². The number of rotatable bonds is 2. The van der Waals surface area contributed by atoms with E-state index in [2.05, 4.69) is 9.70 Å². The van der Waals surface area contributed by atoms with E-state index in [4.69, 9.17) is 0 Å². The van der Waals surface area contributed by atoms with Gasteiger partial charge in [-0.1, -0.05) is 42.8 Å². The van der Waals surface area contributed by atoms with Gasteiger partial charge in [0, 0.05) is 16.4 Å². The van der Waals surface area contributed by atoms with E-state index >= 15 is 0 Å². The summed E-state index contributed by atoms with van der Waals surface area (Å²) in [6.07, 6.45) is 3.41. The van der Waals surface area contributed by atoms with Crippen molar-refractivity contribution < 1.29 is 13.3 Å². The normalized spacial score (nSPS) is 21.8. The standard InChI is InChI=1S/C14H10N4O4S/c15-16-14-11-8-10(18(19)20)6-7-12(11)23(21,22)17-13(14)9-4-2-1-3-5-9/h1-8,11,17H. The molecule has 2 aliphatic rings. The van der Waals surface area contributed by atoms with Gasteiger partial charge in [-0.15, -0.1) is 6.08 Å². The molecule has 3 rings (SSSR count). The number of nitro groups is 1. The summed E-state index contributed by atoms with van der Waals surface area (Å²) in [6, 6.07) is 8.44. The third-order valence-electron chi connectivity index (χ3n) is 3.54. The quantitative estimate of drug-likeness (QED) is 0.385. The maximum Gasteiger partial charge on any atom is 0.375 e. The zero-order chi connectivity index (χ0) is 16.6. The number of hydrogen-bond donors (Lipinski definition) is 1. The molecule has 0 aromatic heterocycles. The van der Waals surface area contributed by atoms with Gasteiger partial charge in [0.15, 0.2) is 10.7 Å². The summed E-state index contributed by atoms with van der Waals surface area (Å²) in [5.41, 5.74) is 0.332. The molecule has 0 saturated heterocycles. The summed E-state index contributed by atoms with van der Waals surface area (Å²) in [5, 5.41) is 20.3. The van der Waals surface area contributed by atoms with Gasteiger partial charge in [-0.05, 0) is 4.91 Å². The van der Waals surface area contributed by atoms with Crippen LogP contribution in [0.15, 0.2) is 58.8 Å². The number of sulfonamides is 1. The fourth-order valence-electron chi connectivity index (χ4n) is 2.50. The average Bonchev–Trinajstić information content (AvgIpc) is 2.54. The molecule has 0 saturated carbocycles. The van der Waals surface area contributed by atoms with Crippen LogP contribution in [0, 0.1) is 27.8 Å². The summed E-state index contributed by atoms with van der Waals surface area (Å²) in [6.45, 7) is 0. The number of fused-ring (bicyclic) bond motifs is 1. The van der Waals surface area contributed by atoms with Crippen LogP contribution in [-0.2, 0) is 10.0 Å². The third kappa shape index (κ3) is 2.45. The molecule has 0 radical (unpaired) electrons. The predicted octanol–water partition coefficient (Wildman–Crippen LogP) is 2.02. The van der Waals surface area contributed by atoms with Crippen LogP contribution in [0.1, 0.15) is 5.56 Å². The van der Waals surface area contributed by atoms with Crippen molar-refractivity contribution in [3.8, 4) is 0 Å². The second-order valence-electron chi connectivity index (χ2n) is 4.89. The SMILES string of the molecule is N#[N+]C1=C(c2ccccc2)NS(=O)(=O)C2=C[CH-]C([N+](=O)[O-])=CC21. The van der Waals surface area contributed by atoms with E-state index < -0.39 is 20.9 Å². The second kappa shape index (κ2) is 5.26. The lowest BCUT2D eigenvalue weighted by Crippen LogP contribution is -2.34. The molecule has 116 valence electrons. The molecule has 0 fully saturated rings. The molecule has 1 N–H and O–H groups in total. The summed E-state index contributed by atoms with van der Waals surface area (Å²) >= 11 is 0. The van der Waals surface area contributed by atoms with Gasteiger partial charge in [-0.3, -0.25) is 14.8 Å². The summed E-state index contributed by atoms with van der Waals surface area (Å²) in [4.78, 5) is 13.4. The van der Waals surface area contributed by atoms with Crippen LogP contribution in [0.5, 0.6) is 0 Å². The van der Waals surface area contributed by atoms with E-state index in [9.17, 15) is 23.9 Å². The minimum absolute atomic E-state index is 0.00438. The lowest BCUT2D eigenvalue weighted by atomic mass is 9.94. The Labute approximate surface area is 131 Å². The lowest BCUT2D eigenvalue weighted by Gasteiger charge is -2.28. The molecule has 23 heavy (non-hydrogen) atoms. The smallest absolute Gasteiger partial charge is 0.282 e. The topological polar surface area (TPSA) is 117 Å². The Bertz CT molecular complexity index is 923. The second-order valence-corrected chi connectivity index (χ2v) is 6.58. The molecule has 1 aromatic carbocycles. The minimum Gasteiger partial charge on any atom is -0.282 e. The summed E-state index contributed by atoms with van der Waals surface area (Å²) in [5.74, 6) is -1.02. The first-order valence-corrected chi connectivity index (χ1v) is 8.01. The van der Waals surface area contributed by atoms with E-state index in [1.807, 2.05) is 0 Å². The van der Waals surface area contributed by atoms with Crippen molar-refractivity contribution in [3.05, 3.63) is 85.9 Å². The van der Waals surface area contributed by atoms with Crippen LogP contribution in [0.2, 0.25) is 0 Å². The van der Waals surface area contributed by atoms with Gasteiger partial charge in [0.25, 0.3) is 0 Å². The number of nitrogens with one attached hydrogen (secondary N) is 1. The molecule has 1 unspecified atom stereocenters. The van der Waals surface area contributed by atoms with Crippen LogP contribution in [0.4, 0.5) is 0 Å². The highest BCUT2D eigenvalue weighted by Gasteiger charge is 2.41. The van der Waals surface area contributed by atoms with Crippen LogP contribution in [0.3, 0.4) is 0 Å². The number of nitrogens with zero attached hydrogens (tertiary/aromatic N) is 3. The van der Waals surface area contributed by atoms with Gasteiger partial charge in [0.2, 0.25) is 15.4 Å². The molecule has 8 nitrogen and oxygen atoms in total. The number of diazo groups is 1. The fraction of sp³-hybridized carbons (Fsp3) is 0.0714. The molecule has 1 aliphatic carbocycles. The Morgan fingerprint density at radius 2 is 2.00 bits per heavy atom. The van der Waals surface area contributed by atoms with E-state index in [0.717, 1.165) is 18.6 Å². The summed E-state index contributed by atoms with van der Waals surface area (Å²) < 4.78 is 27.1. The van der Waals surface area contributed by atoms with Gasteiger partial charge < -0.3 is 0 Å². The van der Waals surface area contributed by atoms with Crippen molar-refractivity contribution in [3.63, 3.8) is 0 Å². The highest BCUT2D eigenvalue weighted by Crippen LogP contribution is 2.40. The number of benzene rings is 1. The van der Waals surface area contributed by atoms with Crippen molar-refractivity contribution in [1.29, 1.82) is 5.39 Å². The van der Waals surface area contributed by atoms with Gasteiger partial charge >= 0.3 is 5.70 Å². The van der Waals surface area contributed by atoms with E-state index in [-0.39, 0.29) is 22.0 Å². The predicted molar refractivity (Wildman–Crippen MR) is 81.5 cm³/mol. The molecular weight excluding hydrogens is 320 g/mol. The fourth-order valence-corrected chi connectivity index (χ4v) is 3.87. The Morgan fingerprint density at radius 1 is 1.30 bits per heavy atom. The minimum atomic E-state index is -3.89. The van der Waals surface area contributed by atoms with Crippen molar-refractivity contribution in [1.82, 2.24) is 4.72 Å². The first-order valence-electron chi connectivity index (χ1n) is 6.52.